The summed E-state index contributed by atoms with van der Waals surface area (Å²) in [6.45, 7) is 10.8. The third-order valence-corrected chi connectivity index (χ3v) is 3.92. The molecule has 1 amide bonds. The Bertz CT molecular complexity index is 478. The Hall–Kier alpha value is -1.33. The van der Waals surface area contributed by atoms with Crippen LogP contribution in [0, 0.1) is 13.8 Å². The highest BCUT2D eigenvalue weighted by Gasteiger charge is 2.21. The smallest absolute Gasteiger partial charge is 0.224 e. The Labute approximate surface area is 126 Å². The first-order valence-electron chi connectivity index (χ1n) is 7.66. The van der Waals surface area contributed by atoms with Crippen LogP contribution in [0.2, 0.25) is 0 Å². The van der Waals surface area contributed by atoms with Crippen molar-refractivity contribution < 1.29 is 13.9 Å². The zero-order valence-electron chi connectivity index (χ0n) is 13.4. The molecule has 5 heteroatoms. The van der Waals surface area contributed by atoms with Crippen molar-refractivity contribution in [2.45, 2.75) is 46.2 Å². The van der Waals surface area contributed by atoms with E-state index in [9.17, 15) is 4.79 Å². The van der Waals surface area contributed by atoms with Crippen molar-refractivity contribution in [2.75, 3.05) is 26.3 Å². The number of ether oxygens (including phenoxy) is 1. The lowest BCUT2D eigenvalue weighted by Gasteiger charge is -2.28. The van der Waals surface area contributed by atoms with E-state index in [-0.39, 0.29) is 18.0 Å². The Morgan fingerprint density at radius 3 is 2.57 bits per heavy atom. The number of carbonyl (C=O) groups excluding carboxylic acids is 1. The van der Waals surface area contributed by atoms with Crippen LogP contribution in [0.15, 0.2) is 10.5 Å². The van der Waals surface area contributed by atoms with E-state index >= 15 is 0 Å². The number of hydrogen-bond acceptors (Lipinski definition) is 4. The third kappa shape index (κ3) is 4.32. The van der Waals surface area contributed by atoms with Gasteiger partial charge in [0.2, 0.25) is 5.91 Å². The number of furan rings is 1. The van der Waals surface area contributed by atoms with Crippen LogP contribution in [-0.2, 0) is 9.53 Å². The van der Waals surface area contributed by atoms with Crippen molar-refractivity contribution in [3.05, 3.63) is 23.2 Å². The Morgan fingerprint density at radius 1 is 1.33 bits per heavy atom. The second-order valence-electron chi connectivity index (χ2n) is 5.86. The number of nitrogens with one attached hydrogen (secondary N) is 1. The van der Waals surface area contributed by atoms with E-state index in [1.165, 1.54) is 0 Å². The molecule has 1 aromatic heterocycles. The topological polar surface area (TPSA) is 54.7 Å². The highest BCUT2D eigenvalue weighted by atomic mass is 16.5. The minimum absolute atomic E-state index is 0.130. The van der Waals surface area contributed by atoms with Gasteiger partial charge in [-0.25, -0.2) is 0 Å². The molecule has 1 aliphatic rings. The van der Waals surface area contributed by atoms with Crippen molar-refractivity contribution >= 4 is 5.91 Å². The molecule has 0 saturated carbocycles. The van der Waals surface area contributed by atoms with Crippen molar-refractivity contribution in [2.24, 2.45) is 0 Å². The van der Waals surface area contributed by atoms with Crippen molar-refractivity contribution in [3.63, 3.8) is 0 Å². The van der Waals surface area contributed by atoms with Crippen molar-refractivity contribution in [3.8, 4) is 0 Å². The number of rotatable bonds is 5. The maximum Gasteiger partial charge on any atom is 0.224 e. The molecular weight excluding hydrogens is 268 g/mol. The SMILES string of the molecule is Cc1cc([C@@H](C)N[C@@H](C)CC(=O)N2CCOCC2)c(C)o1. The van der Waals surface area contributed by atoms with Gasteiger partial charge in [-0.3, -0.25) is 4.79 Å². The van der Waals surface area contributed by atoms with E-state index in [2.05, 4.69) is 25.2 Å². The molecule has 0 aliphatic carbocycles. The Morgan fingerprint density at radius 2 is 2.00 bits per heavy atom. The third-order valence-electron chi connectivity index (χ3n) is 3.92. The molecule has 2 atom stereocenters. The molecule has 5 nitrogen and oxygen atoms in total. The predicted octanol–water partition coefficient (Wildman–Crippen LogP) is 2.18. The van der Waals surface area contributed by atoms with E-state index in [1.807, 2.05) is 18.7 Å². The monoisotopic (exact) mass is 294 g/mol. The van der Waals surface area contributed by atoms with E-state index in [0.29, 0.717) is 32.7 Å². The van der Waals surface area contributed by atoms with Crippen molar-refractivity contribution in [1.82, 2.24) is 10.2 Å². The first-order valence-corrected chi connectivity index (χ1v) is 7.66. The highest BCUT2D eigenvalue weighted by molar-refractivity contribution is 5.76. The highest BCUT2D eigenvalue weighted by Crippen LogP contribution is 2.21. The fourth-order valence-corrected chi connectivity index (χ4v) is 2.86. The van der Waals surface area contributed by atoms with Crippen LogP contribution in [0.4, 0.5) is 0 Å². The molecule has 1 N–H and O–H groups in total. The van der Waals surface area contributed by atoms with Crippen LogP contribution in [-0.4, -0.2) is 43.2 Å². The first kappa shape index (κ1) is 16.0. The number of aryl methyl sites for hydroxylation is 2. The number of hydrogen-bond donors (Lipinski definition) is 1. The molecule has 2 heterocycles. The van der Waals surface area contributed by atoms with Gasteiger partial charge in [0.05, 0.1) is 13.2 Å². The normalized spacial score (nSPS) is 18.6. The maximum atomic E-state index is 12.2. The molecular formula is C16H26N2O3. The average Bonchev–Trinajstić information content (AvgIpc) is 2.78. The Balaban J connectivity index is 1.84. The van der Waals surface area contributed by atoms with E-state index < -0.39 is 0 Å². The standard InChI is InChI=1S/C16H26N2O3/c1-11(9-16(19)18-5-7-20-8-6-18)17-13(3)15-10-12(2)21-14(15)4/h10-11,13,17H,5-9H2,1-4H3/t11-,13+/m0/s1. The summed E-state index contributed by atoms with van der Waals surface area (Å²) in [5.41, 5.74) is 1.16. The lowest BCUT2D eigenvalue weighted by atomic mass is 10.1. The van der Waals surface area contributed by atoms with Gasteiger partial charge in [0.15, 0.2) is 0 Å². The lowest BCUT2D eigenvalue weighted by molar-refractivity contribution is -0.135. The average molecular weight is 294 g/mol. The molecule has 1 aromatic rings. The summed E-state index contributed by atoms with van der Waals surface area (Å²) < 4.78 is 10.8. The number of amides is 1. The van der Waals surface area contributed by atoms with Gasteiger partial charge >= 0.3 is 0 Å². The molecule has 0 bridgehead atoms. The molecule has 1 saturated heterocycles. The first-order chi connectivity index (χ1) is 9.97. The molecule has 1 fully saturated rings. The fraction of sp³-hybridized carbons (Fsp3) is 0.688. The van der Waals surface area contributed by atoms with Gasteiger partial charge in [-0.2, -0.15) is 0 Å². The summed E-state index contributed by atoms with van der Waals surface area (Å²) in [5.74, 6) is 2.07. The lowest BCUT2D eigenvalue weighted by Crippen LogP contribution is -2.43. The van der Waals surface area contributed by atoms with E-state index in [0.717, 1.165) is 17.1 Å². The zero-order chi connectivity index (χ0) is 15.4. The van der Waals surface area contributed by atoms with Gasteiger partial charge in [0.25, 0.3) is 0 Å². The molecule has 1 aliphatic heterocycles. The molecule has 118 valence electrons. The summed E-state index contributed by atoms with van der Waals surface area (Å²) in [6, 6.07) is 2.36. The predicted molar refractivity (Wildman–Crippen MR) is 81.2 cm³/mol. The summed E-state index contributed by atoms with van der Waals surface area (Å²) in [6.07, 6.45) is 0.514. The zero-order valence-corrected chi connectivity index (χ0v) is 13.4. The van der Waals surface area contributed by atoms with Crippen molar-refractivity contribution in [1.29, 1.82) is 0 Å². The number of nitrogens with zero attached hydrogens (tertiary/aromatic N) is 1. The Kier molecular flexibility index (Phi) is 5.42. The molecule has 2 rings (SSSR count). The minimum atomic E-state index is 0.130. The van der Waals surface area contributed by atoms with Crippen LogP contribution >= 0.6 is 0 Å². The number of carbonyl (C=O) groups is 1. The van der Waals surface area contributed by atoms with Gasteiger partial charge in [0.1, 0.15) is 11.5 Å². The molecule has 0 aromatic carbocycles. The van der Waals surface area contributed by atoms with Crippen LogP contribution in [0.5, 0.6) is 0 Å². The van der Waals surface area contributed by atoms with E-state index in [1.54, 1.807) is 0 Å². The van der Waals surface area contributed by atoms with Gasteiger partial charge < -0.3 is 19.4 Å². The second kappa shape index (κ2) is 7.09. The quantitative estimate of drug-likeness (QED) is 0.904. The summed E-state index contributed by atoms with van der Waals surface area (Å²) in [7, 11) is 0. The van der Waals surface area contributed by atoms with Crippen LogP contribution in [0.25, 0.3) is 0 Å². The van der Waals surface area contributed by atoms with Crippen LogP contribution in [0.3, 0.4) is 0 Å². The van der Waals surface area contributed by atoms with E-state index in [4.69, 9.17) is 9.15 Å². The number of morpholine rings is 1. The molecule has 0 radical (unpaired) electrons. The van der Waals surface area contributed by atoms with Gasteiger partial charge in [0, 0.05) is 37.2 Å². The minimum Gasteiger partial charge on any atom is -0.466 e. The summed E-state index contributed by atoms with van der Waals surface area (Å²) in [5, 5.41) is 3.48. The van der Waals surface area contributed by atoms with Gasteiger partial charge in [-0.1, -0.05) is 0 Å². The summed E-state index contributed by atoms with van der Waals surface area (Å²) in [4.78, 5) is 14.1. The maximum absolute atomic E-state index is 12.2. The second-order valence-corrected chi connectivity index (χ2v) is 5.86. The molecule has 0 spiro atoms. The van der Waals surface area contributed by atoms with Crippen LogP contribution < -0.4 is 5.32 Å². The van der Waals surface area contributed by atoms with Gasteiger partial charge in [-0.15, -0.1) is 0 Å². The molecule has 0 unspecified atom stereocenters. The fourth-order valence-electron chi connectivity index (χ4n) is 2.86. The summed E-state index contributed by atoms with van der Waals surface area (Å²) >= 11 is 0. The van der Waals surface area contributed by atoms with Gasteiger partial charge in [-0.05, 0) is 33.8 Å². The van der Waals surface area contributed by atoms with Crippen LogP contribution in [0.1, 0.15) is 43.4 Å². The largest absolute Gasteiger partial charge is 0.466 e. The molecule has 21 heavy (non-hydrogen) atoms.